The van der Waals surface area contributed by atoms with E-state index in [1.54, 1.807) is 0 Å². The third-order valence-electron chi connectivity index (χ3n) is 3.71. The molecule has 4 heteroatoms. The van der Waals surface area contributed by atoms with Crippen LogP contribution in [-0.2, 0) is 9.47 Å². The van der Waals surface area contributed by atoms with Crippen molar-refractivity contribution >= 4 is 0 Å². The quantitative estimate of drug-likeness (QED) is 0.696. The molecule has 2 atom stereocenters. The lowest BCUT2D eigenvalue weighted by Gasteiger charge is -2.29. The van der Waals surface area contributed by atoms with Gasteiger partial charge in [0.1, 0.15) is 0 Å². The Balaban J connectivity index is 2.09. The molecule has 0 aromatic carbocycles. The summed E-state index contributed by atoms with van der Waals surface area (Å²) < 4.78 is 11.1. The van der Waals surface area contributed by atoms with E-state index < -0.39 is 0 Å². The fourth-order valence-corrected chi connectivity index (χ4v) is 2.27. The molecule has 0 bridgehead atoms. The number of aliphatic hydroxyl groups is 2. The van der Waals surface area contributed by atoms with Gasteiger partial charge in [-0.3, -0.25) is 0 Å². The van der Waals surface area contributed by atoms with Crippen LogP contribution in [0.5, 0.6) is 0 Å². The molecule has 0 spiro atoms. The maximum atomic E-state index is 8.89. The zero-order valence-corrected chi connectivity index (χ0v) is 11.7. The first-order valence-electron chi connectivity index (χ1n) is 7.10. The summed E-state index contributed by atoms with van der Waals surface area (Å²) in [6, 6.07) is 0. The molecule has 1 aliphatic rings. The van der Waals surface area contributed by atoms with Crippen molar-refractivity contribution in [2.45, 2.75) is 51.7 Å². The predicted molar refractivity (Wildman–Crippen MR) is 70.4 cm³/mol. The summed E-state index contributed by atoms with van der Waals surface area (Å²) in [5, 5.41) is 17.8. The third-order valence-corrected chi connectivity index (χ3v) is 3.71. The van der Waals surface area contributed by atoms with Crippen molar-refractivity contribution in [1.29, 1.82) is 0 Å². The van der Waals surface area contributed by atoms with Gasteiger partial charge >= 0.3 is 0 Å². The molecule has 1 aliphatic carbocycles. The van der Waals surface area contributed by atoms with E-state index in [-0.39, 0.29) is 25.4 Å². The smallest absolute Gasteiger partial charge is 0.0777 e. The van der Waals surface area contributed by atoms with E-state index in [1.165, 1.54) is 25.7 Å². The molecule has 4 nitrogen and oxygen atoms in total. The van der Waals surface area contributed by atoms with Crippen LogP contribution in [0.2, 0.25) is 0 Å². The van der Waals surface area contributed by atoms with Crippen LogP contribution in [0, 0.1) is 11.8 Å². The second kappa shape index (κ2) is 8.86. The van der Waals surface area contributed by atoms with Gasteiger partial charge in [0.2, 0.25) is 0 Å². The van der Waals surface area contributed by atoms with E-state index in [9.17, 15) is 0 Å². The van der Waals surface area contributed by atoms with Gasteiger partial charge in [-0.1, -0.05) is 0 Å². The van der Waals surface area contributed by atoms with E-state index >= 15 is 0 Å². The van der Waals surface area contributed by atoms with Gasteiger partial charge < -0.3 is 19.7 Å². The molecule has 0 aromatic heterocycles. The van der Waals surface area contributed by atoms with Crippen LogP contribution in [0.4, 0.5) is 0 Å². The van der Waals surface area contributed by atoms with Gasteiger partial charge in [-0.25, -0.2) is 0 Å². The molecule has 0 aliphatic heterocycles. The van der Waals surface area contributed by atoms with Crippen molar-refractivity contribution in [1.82, 2.24) is 0 Å². The number of hydrogen-bond donors (Lipinski definition) is 2. The highest BCUT2D eigenvalue weighted by Gasteiger charge is 2.22. The first-order chi connectivity index (χ1) is 8.65. The summed E-state index contributed by atoms with van der Waals surface area (Å²) in [4.78, 5) is 0. The Morgan fingerprint density at radius 2 is 1.17 bits per heavy atom. The molecule has 0 amide bonds. The van der Waals surface area contributed by atoms with Gasteiger partial charge in [0, 0.05) is 13.2 Å². The Morgan fingerprint density at radius 1 is 0.833 bits per heavy atom. The van der Waals surface area contributed by atoms with Crippen LogP contribution < -0.4 is 0 Å². The summed E-state index contributed by atoms with van der Waals surface area (Å²) in [5.74, 6) is 1.26. The normalized spacial score (nSPS) is 28.0. The monoisotopic (exact) mass is 260 g/mol. The minimum atomic E-state index is -0.0449. The molecule has 2 N–H and O–H groups in total. The maximum Gasteiger partial charge on any atom is 0.0777 e. The summed E-state index contributed by atoms with van der Waals surface area (Å²) >= 11 is 0. The van der Waals surface area contributed by atoms with Crippen LogP contribution in [0.3, 0.4) is 0 Å². The lowest BCUT2D eigenvalue weighted by atomic mass is 9.83. The molecule has 18 heavy (non-hydrogen) atoms. The topological polar surface area (TPSA) is 58.9 Å². The molecular weight excluding hydrogens is 232 g/mol. The van der Waals surface area contributed by atoms with Gasteiger partial charge in [0.15, 0.2) is 0 Å². The van der Waals surface area contributed by atoms with Crippen LogP contribution >= 0.6 is 0 Å². The van der Waals surface area contributed by atoms with Gasteiger partial charge in [0.25, 0.3) is 0 Å². The third kappa shape index (κ3) is 6.14. The van der Waals surface area contributed by atoms with E-state index in [4.69, 9.17) is 19.7 Å². The van der Waals surface area contributed by atoms with E-state index in [0.29, 0.717) is 11.8 Å². The molecule has 108 valence electrons. The van der Waals surface area contributed by atoms with Gasteiger partial charge in [-0.05, 0) is 51.4 Å². The fraction of sp³-hybridized carbons (Fsp3) is 1.00. The zero-order valence-electron chi connectivity index (χ0n) is 11.7. The summed E-state index contributed by atoms with van der Waals surface area (Å²) in [5.41, 5.74) is 0. The molecule has 1 saturated carbocycles. The highest BCUT2D eigenvalue weighted by molar-refractivity contribution is 4.72. The lowest BCUT2D eigenvalue weighted by Crippen LogP contribution is -2.26. The van der Waals surface area contributed by atoms with Gasteiger partial charge in [0.05, 0.1) is 25.4 Å². The molecule has 1 rings (SSSR count). The summed E-state index contributed by atoms with van der Waals surface area (Å²) in [6.45, 7) is 5.53. The number of aliphatic hydroxyl groups excluding tert-OH is 2. The Hall–Kier alpha value is -0.160. The highest BCUT2D eigenvalue weighted by Crippen LogP contribution is 2.29. The SMILES string of the molecule is CC(CO)OCC1CCC(COC(C)CO)CC1. The maximum absolute atomic E-state index is 8.89. The van der Waals surface area contributed by atoms with E-state index in [1.807, 2.05) is 13.8 Å². The van der Waals surface area contributed by atoms with Crippen molar-refractivity contribution in [2.24, 2.45) is 11.8 Å². The van der Waals surface area contributed by atoms with Gasteiger partial charge in [-0.2, -0.15) is 0 Å². The Kier molecular flexibility index (Phi) is 7.82. The first-order valence-corrected chi connectivity index (χ1v) is 7.10. The largest absolute Gasteiger partial charge is 0.394 e. The second-order valence-corrected chi connectivity index (χ2v) is 5.54. The van der Waals surface area contributed by atoms with E-state index in [0.717, 1.165) is 13.2 Å². The van der Waals surface area contributed by atoms with Crippen LogP contribution in [-0.4, -0.2) is 48.8 Å². The van der Waals surface area contributed by atoms with Crippen molar-refractivity contribution in [3.8, 4) is 0 Å². The second-order valence-electron chi connectivity index (χ2n) is 5.54. The number of hydrogen-bond acceptors (Lipinski definition) is 4. The summed E-state index contributed by atoms with van der Waals surface area (Å²) in [6.07, 6.45) is 4.63. The van der Waals surface area contributed by atoms with Crippen LogP contribution in [0.15, 0.2) is 0 Å². The Bertz CT molecular complexity index is 180. The molecule has 0 heterocycles. The van der Waals surface area contributed by atoms with Gasteiger partial charge in [-0.15, -0.1) is 0 Å². The summed E-state index contributed by atoms with van der Waals surface area (Å²) in [7, 11) is 0. The number of ether oxygens (including phenoxy) is 2. The average Bonchev–Trinajstić information content (AvgIpc) is 2.43. The molecular formula is C14H28O4. The molecule has 0 aromatic rings. The van der Waals surface area contributed by atoms with Crippen molar-refractivity contribution in [3.63, 3.8) is 0 Å². The molecule has 0 radical (unpaired) electrons. The molecule has 1 fully saturated rings. The van der Waals surface area contributed by atoms with Crippen LogP contribution in [0.1, 0.15) is 39.5 Å². The fourth-order valence-electron chi connectivity index (χ4n) is 2.27. The zero-order chi connectivity index (χ0) is 13.4. The van der Waals surface area contributed by atoms with Crippen molar-refractivity contribution in [3.05, 3.63) is 0 Å². The standard InChI is InChI=1S/C14H28O4/c1-11(7-15)17-9-13-3-5-14(6-4-13)10-18-12(2)8-16/h11-16H,3-10H2,1-2H3. The first kappa shape index (κ1) is 15.9. The van der Waals surface area contributed by atoms with Crippen molar-refractivity contribution < 1.29 is 19.7 Å². The van der Waals surface area contributed by atoms with Crippen molar-refractivity contribution in [2.75, 3.05) is 26.4 Å². The average molecular weight is 260 g/mol. The Labute approximate surface area is 110 Å². The minimum Gasteiger partial charge on any atom is -0.394 e. The lowest BCUT2D eigenvalue weighted by molar-refractivity contribution is -0.0201. The highest BCUT2D eigenvalue weighted by atomic mass is 16.5. The molecule has 2 unspecified atom stereocenters. The Morgan fingerprint density at radius 3 is 1.44 bits per heavy atom. The minimum absolute atomic E-state index is 0.0449. The van der Waals surface area contributed by atoms with E-state index in [2.05, 4.69) is 0 Å². The predicted octanol–water partition coefficient (Wildman–Crippen LogP) is 1.59. The van der Waals surface area contributed by atoms with Crippen LogP contribution in [0.25, 0.3) is 0 Å². The number of rotatable bonds is 8. The molecule has 0 saturated heterocycles.